The van der Waals surface area contributed by atoms with Gasteiger partial charge in [0, 0.05) is 17.1 Å². The normalized spacial score (nSPS) is 11.1. The third kappa shape index (κ3) is 4.38. The van der Waals surface area contributed by atoms with Gasteiger partial charge in [0.2, 0.25) is 0 Å². The molecule has 0 aromatic heterocycles. The van der Waals surface area contributed by atoms with Gasteiger partial charge in [-0.15, -0.1) is 0 Å². The van der Waals surface area contributed by atoms with Gasteiger partial charge in [-0.25, -0.2) is 4.39 Å². The number of ether oxygens (including phenoxy) is 1. The summed E-state index contributed by atoms with van der Waals surface area (Å²) >= 11 is 3.33. The van der Waals surface area contributed by atoms with E-state index in [-0.39, 0.29) is 24.4 Å². The summed E-state index contributed by atoms with van der Waals surface area (Å²) in [4.78, 5) is 13.3. The molecule has 0 heterocycles. The van der Waals surface area contributed by atoms with Gasteiger partial charge in [0.1, 0.15) is 5.82 Å². The highest BCUT2D eigenvalue weighted by Crippen LogP contribution is 2.20. The SMILES string of the molecule is COC(=O)CN(Cc1ccc(F)cc1Br)C(C)C. The van der Waals surface area contributed by atoms with Crippen LogP contribution in [0, 0.1) is 5.82 Å². The molecular formula is C13H17BrFNO2. The Balaban J connectivity index is 2.80. The van der Waals surface area contributed by atoms with Crippen LogP contribution in [0.25, 0.3) is 0 Å². The highest BCUT2D eigenvalue weighted by atomic mass is 79.9. The quantitative estimate of drug-likeness (QED) is 0.782. The van der Waals surface area contributed by atoms with E-state index in [2.05, 4.69) is 20.7 Å². The van der Waals surface area contributed by atoms with Gasteiger partial charge in [0.15, 0.2) is 0 Å². The first-order chi connectivity index (χ1) is 8.43. The summed E-state index contributed by atoms with van der Waals surface area (Å²) in [6.07, 6.45) is 0. The number of hydrogen-bond donors (Lipinski definition) is 0. The molecule has 0 saturated carbocycles. The largest absolute Gasteiger partial charge is 0.468 e. The van der Waals surface area contributed by atoms with Crippen molar-refractivity contribution in [3.8, 4) is 0 Å². The maximum absolute atomic E-state index is 13.0. The second-order valence-corrected chi connectivity index (χ2v) is 5.16. The van der Waals surface area contributed by atoms with Crippen LogP contribution >= 0.6 is 15.9 Å². The summed E-state index contributed by atoms with van der Waals surface area (Å²) in [5.74, 6) is -0.559. The number of nitrogens with zero attached hydrogens (tertiary/aromatic N) is 1. The van der Waals surface area contributed by atoms with Crippen LogP contribution in [0.2, 0.25) is 0 Å². The average molecular weight is 318 g/mol. The van der Waals surface area contributed by atoms with E-state index in [9.17, 15) is 9.18 Å². The van der Waals surface area contributed by atoms with E-state index in [1.165, 1.54) is 19.2 Å². The van der Waals surface area contributed by atoms with Crippen molar-refractivity contribution in [3.63, 3.8) is 0 Å². The molecular weight excluding hydrogens is 301 g/mol. The second-order valence-electron chi connectivity index (χ2n) is 4.31. The predicted octanol–water partition coefficient (Wildman–Crippen LogP) is 2.97. The van der Waals surface area contributed by atoms with E-state index in [0.29, 0.717) is 11.0 Å². The van der Waals surface area contributed by atoms with Crippen LogP contribution in [-0.2, 0) is 16.1 Å². The molecule has 0 aliphatic rings. The number of carbonyl (C=O) groups is 1. The summed E-state index contributed by atoms with van der Waals surface area (Å²) in [6, 6.07) is 4.75. The second kappa shape index (κ2) is 6.85. The van der Waals surface area contributed by atoms with Gasteiger partial charge < -0.3 is 4.74 Å². The molecule has 3 nitrogen and oxygen atoms in total. The first-order valence-electron chi connectivity index (χ1n) is 5.68. The van der Waals surface area contributed by atoms with Crippen molar-refractivity contribution in [1.29, 1.82) is 0 Å². The smallest absolute Gasteiger partial charge is 0.319 e. The molecule has 0 unspecified atom stereocenters. The summed E-state index contributed by atoms with van der Waals surface area (Å²) in [5, 5.41) is 0. The van der Waals surface area contributed by atoms with Crippen LogP contribution in [0.3, 0.4) is 0 Å². The number of hydrogen-bond acceptors (Lipinski definition) is 3. The van der Waals surface area contributed by atoms with E-state index in [0.717, 1.165) is 5.56 Å². The van der Waals surface area contributed by atoms with Crippen molar-refractivity contribution in [1.82, 2.24) is 4.90 Å². The number of methoxy groups -OCH3 is 1. The van der Waals surface area contributed by atoms with Crippen LogP contribution in [0.1, 0.15) is 19.4 Å². The molecule has 0 aliphatic carbocycles. The topological polar surface area (TPSA) is 29.5 Å². The van der Waals surface area contributed by atoms with Crippen LogP contribution < -0.4 is 0 Å². The Hall–Kier alpha value is -0.940. The lowest BCUT2D eigenvalue weighted by Crippen LogP contribution is -2.35. The molecule has 1 aromatic carbocycles. The van der Waals surface area contributed by atoms with E-state index in [1.807, 2.05) is 18.7 Å². The molecule has 0 aliphatic heterocycles. The van der Waals surface area contributed by atoms with Gasteiger partial charge in [-0.3, -0.25) is 9.69 Å². The summed E-state index contributed by atoms with van der Waals surface area (Å²) in [5.41, 5.74) is 0.939. The summed E-state index contributed by atoms with van der Waals surface area (Å²) in [6.45, 7) is 4.78. The highest BCUT2D eigenvalue weighted by molar-refractivity contribution is 9.10. The first-order valence-corrected chi connectivity index (χ1v) is 6.48. The van der Waals surface area contributed by atoms with Gasteiger partial charge in [-0.1, -0.05) is 22.0 Å². The monoisotopic (exact) mass is 317 g/mol. The van der Waals surface area contributed by atoms with Crippen molar-refractivity contribution in [2.24, 2.45) is 0 Å². The Kier molecular flexibility index (Phi) is 5.75. The molecule has 0 bridgehead atoms. The van der Waals surface area contributed by atoms with Crippen molar-refractivity contribution in [2.75, 3.05) is 13.7 Å². The van der Waals surface area contributed by atoms with Crippen molar-refractivity contribution in [3.05, 3.63) is 34.1 Å². The Bertz CT molecular complexity index is 423. The fraction of sp³-hybridized carbons (Fsp3) is 0.462. The van der Waals surface area contributed by atoms with Crippen molar-refractivity contribution in [2.45, 2.75) is 26.4 Å². The minimum Gasteiger partial charge on any atom is -0.468 e. The first kappa shape index (κ1) is 15.1. The maximum Gasteiger partial charge on any atom is 0.319 e. The number of esters is 1. The molecule has 1 aromatic rings. The minimum atomic E-state index is -0.283. The van der Waals surface area contributed by atoms with Crippen LogP contribution in [0.5, 0.6) is 0 Å². The number of carbonyl (C=O) groups excluding carboxylic acids is 1. The lowest BCUT2D eigenvalue weighted by Gasteiger charge is -2.25. The molecule has 0 fully saturated rings. The molecule has 0 amide bonds. The molecule has 5 heteroatoms. The molecule has 0 atom stereocenters. The highest BCUT2D eigenvalue weighted by Gasteiger charge is 2.16. The van der Waals surface area contributed by atoms with Gasteiger partial charge in [-0.2, -0.15) is 0 Å². The predicted molar refractivity (Wildman–Crippen MR) is 71.7 cm³/mol. The third-order valence-corrected chi connectivity index (χ3v) is 3.42. The van der Waals surface area contributed by atoms with Gasteiger partial charge in [0.25, 0.3) is 0 Å². The van der Waals surface area contributed by atoms with Crippen molar-refractivity contribution >= 4 is 21.9 Å². The average Bonchev–Trinajstić information content (AvgIpc) is 2.30. The molecule has 0 N–H and O–H groups in total. The Morgan fingerprint density at radius 3 is 2.67 bits per heavy atom. The standard InChI is InChI=1S/C13H17BrFNO2/c1-9(2)16(8-13(17)18-3)7-10-4-5-11(15)6-12(10)14/h4-6,9H,7-8H2,1-3H3. The van der Waals surface area contributed by atoms with E-state index in [1.54, 1.807) is 6.07 Å². The fourth-order valence-electron chi connectivity index (χ4n) is 1.52. The van der Waals surface area contributed by atoms with Gasteiger partial charge in [-0.05, 0) is 31.5 Å². The number of rotatable bonds is 5. The molecule has 0 radical (unpaired) electrons. The van der Waals surface area contributed by atoms with Crippen LogP contribution in [-0.4, -0.2) is 30.6 Å². The number of benzene rings is 1. The molecule has 0 spiro atoms. The zero-order valence-corrected chi connectivity index (χ0v) is 12.3. The Labute approximate surface area is 115 Å². The zero-order chi connectivity index (χ0) is 13.7. The zero-order valence-electron chi connectivity index (χ0n) is 10.7. The number of halogens is 2. The lowest BCUT2D eigenvalue weighted by molar-refractivity contribution is -0.142. The third-order valence-electron chi connectivity index (χ3n) is 2.68. The lowest BCUT2D eigenvalue weighted by atomic mass is 10.2. The van der Waals surface area contributed by atoms with Gasteiger partial charge in [0.05, 0.1) is 13.7 Å². The molecule has 1 rings (SSSR count). The van der Waals surface area contributed by atoms with Crippen LogP contribution in [0.4, 0.5) is 4.39 Å². The van der Waals surface area contributed by atoms with E-state index in [4.69, 9.17) is 0 Å². The fourth-order valence-corrected chi connectivity index (χ4v) is 2.00. The molecule has 100 valence electrons. The van der Waals surface area contributed by atoms with E-state index < -0.39 is 0 Å². The van der Waals surface area contributed by atoms with Crippen LogP contribution in [0.15, 0.2) is 22.7 Å². The minimum absolute atomic E-state index is 0.195. The van der Waals surface area contributed by atoms with Gasteiger partial charge >= 0.3 is 5.97 Å². The molecule has 18 heavy (non-hydrogen) atoms. The van der Waals surface area contributed by atoms with E-state index >= 15 is 0 Å². The Morgan fingerprint density at radius 1 is 1.50 bits per heavy atom. The summed E-state index contributed by atoms with van der Waals surface area (Å²) in [7, 11) is 1.37. The maximum atomic E-state index is 13.0. The van der Waals surface area contributed by atoms with Crippen molar-refractivity contribution < 1.29 is 13.9 Å². The molecule has 0 saturated heterocycles. The summed E-state index contributed by atoms with van der Waals surface area (Å²) < 4.78 is 18.4. The Morgan fingerprint density at radius 2 is 2.17 bits per heavy atom.